The number of carbonyl (C=O) groups is 9. The molecule has 1 aliphatic rings. The number of nitrogens with zero attached hydrogens (tertiary/aromatic N) is 1. The summed E-state index contributed by atoms with van der Waals surface area (Å²) >= 11 is 0. The van der Waals surface area contributed by atoms with E-state index in [4.69, 9.17) is 18.9 Å². The van der Waals surface area contributed by atoms with Crippen molar-refractivity contribution in [2.45, 2.75) is 172 Å². The van der Waals surface area contributed by atoms with Crippen LogP contribution in [0.2, 0.25) is 0 Å². The van der Waals surface area contributed by atoms with Crippen LogP contribution < -0.4 is 53.1 Å². The van der Waals surface area contributed by atoms with Gasteiger partial charge in [0.25, 0.3) is 0 Å². The topological polar surface area (TPSA) is 402 Å². The molecule has 0 saturated carbocycles. The van der Waals surface area contributed by atoms with Gasteiger partial charge in [0.1, 0.15) is 31.6 Å². The van der Waals surface area contributed by atoms with Crippen LogP contribution in [0, 0.1) is 0 Å². The van der Waals surface area contributed by atoms with E-state index >= 15 is 0 Å². The van der Waals surface area contributed by atoms with Crippen molar-refractivity contribution >= 4 is 69.5 Å². The predicted molar refractivity (Wildman–Crippen MR) is 289 cm³/mol. The second kappa shape index (κ2) is 47.4. The smallest absolute Gasteiger partial charge is 0.326 e. The van der Waals surface area contributed by atoms with Gasteiger partial charge in [-0.25, -0.2) is 18.0 Å². The van der Waals surface area contributed by atoms with Gasteiger partial charge in [-0.1, -0.05) is 76.2 Å². The van der Waals surface area contributed by atoms with Crippen molar-refractivity contribution in [3.05, 3.63) is 0 Å². The minimum Gasteiger partial charge on any atom is -0.480 e. The first-order valence-corrected chi connectivity index (χ1v) is 29.4. The summed E-state index contributed by atoms with van der Waals surface area (Å²) in [6.45, 7) is 0.420. The number of quaternary nitrogens is 1. The number of carboxylic acids is 2. The number of carboxylic acid groups (broad SMARTS) is 2. The second-order valence-corrected chi connectivity index (χ2v) is 20.8. The van der Waals surface area contributed by atoms with Crippen LogP contribution in [0.3, 0.4) is 0 Å². The molecule has 1 rings (SSSR count). The van der Waals surface area contributed by atoms with Crippen LogP contribution in [0.4, 0.5) is 0 Å². The Bertz CT molecular complexity index is 1920. The molecule has 0 spiro atoms. The Balaban J connectivity index is 2.06. The van der Waals surface area contributed by atoms with Crippen molar-refractivity contribution in [2.24, 2.45) is 5.10 Å². The highest BCUT2D eigenvalue weighted by Crippen LogP contribution is 2.14. The van der Waals surface area contributed by atoms with E-state index in [1.807, 2.05) is 0 Å². The number of sulfonamides is 1. The number of carbonyl (C=O) groups excluding carboxylic acids is 7. The Morgan fingerprint density at radius 3 is 1.56 bits per heavy atom. The fourth-order valence-corrected chi connectivity index (χ4v) is 8.77. The summed E-state index contributed by atoms with van der Waals surface area (Å²) in [4.78, 5) is 108. The van der Waals surface area contributed by atoms with E-state index in [1.54, 1.807) is 12.6 Å². The third kappa shape index (κ3) is 43.1. The molecule has 0 radical (unpaired) electrons. The van der Waals surface area contributed by atoms with Gasteiger partial charge in [0.05, 0.1) is 51.4 Å². The summed E-state index contributed by atoms with van der Waals surface area (Å²) in [6, 6.07) is -3.15. The van der Waals surface area contributed by atoms with Gasteiger partial charge >= 0.3 is 11.9 Å². The van der Waals surface area contributed by atoms with Crippen molar-refractivity contribution in [3.63, 3.8) is 0 Å². The zero-order valence-electron chi connectivity index (χ0n) is 46.2. The van der Waals surface area contributed by atoms with E-state index in [2.05, 4.69) is 52.7 Å². The molecule has 28 nitrogen and oxygen atoms in total. The summed E-state index contributed by atoms with van der Waals surface area (Å²) in [5.41, 5.74) is 7.54. The third-order valence-electron chi connectivity index (χ3n) is 12.1. The number of hydrogen-bond acceptors (Lipinski definition) is 19. The number of likely N-dealkylation sites (N-methyl/N-ethyl adjacent to an activating group) is 1. The molecule has 1 aliphatic heterocycles. The van der Waals surface area contributed by atoms with Gasteiger partial charge in [-0.15, -0.1) is 5.53 Å². The van der Waals surface area contributed by atoms with Crippen LogP contribution in [-0.2, 0) is 72.1 Å². The van der Waals surface area contributed by atoms with E-state index in [0.717, 1.165) is 63.5 Å². The van der Waals surface area contributed by atoms with Crippen LogP contribution in [-0.4, -0.2) is 182 Å². The van der Waals surface area contributed by atoms with Crippen LogP contribution in [0.5, 0.6) is 0 Å². The first-order valence-electron chi connectivity index (χ1n) is 27.8. The van der Waals surface area contributed by atoms with Crippen molar-refractivity contribution in [1.82, 2.24) is 47.6 Å². The minimum atomic E-state index is -3.88. The lowest BCUT2D eigenvalue weighted by atomic mass is 10.0. The van der Waals surface area contributed by atoms with Gasteiger partial charge in [0, 0.05) is 51.7 Å². The standard InChI is InChI=1S/C50H91N11O17S/c1-51-39(36-62)18-15-16-26-52-47(67)37-77-33-31-76-30-28-54-44(64)24-22-40(49(69)70)55-45(65)25-23-41(50(71)72)56-48(68)38-78-34-32-75-29-27-53-43(63)21-17-35-79(73,74)59-46(66)20-14-12-10-8-6-4-2-3-5-7-9-11-13-19-42-57-60-61-58-42/h36,39-41,51,60-61H,2-35,37-38H2,1H3,(H,52,67)(H,53,63)(H,54,64)(H,55,65)(H,56,68)(H,57,58)(H,59,66)(H,69,70)(H,71,72)/p+1/t39?,40-,41-/m0/s1. The summed E-state index contributed by atoms with van der Waals surface area (Å²) in [7, 11) is -2.17. The van der Waals surface area contributed by atoms with Gasteiger partial charge in [0.2, 0.25) is 45.5 Å². The Kier molecular flexibility index (Phi) is 42.9. The molecule has 0 aromatic heterocycles. The molecule has 6 amide bonds. The highest BCUT2D eigenvalue weighted by atomic mass is 32.2. The molecule has 13 N–H and O–H groups in total. The lowest BCUT2D eigenvalue weighted by Gasteiger charge is -2.17. The maximum absolute atomic E-state index is 12.5. The van der Waals surface area contributed by atoms with Gasteiger partial charge in [-0.05, 0) is 63.5 Å². The Morgan fingerprint density at radius 1 is 0.544 bits per heavy atom. The fourth-order valence-electron chi connectivity index (χ4n) is 7.69. The molecule has 454 valence electrons. The molecular formula is C50H92N11O17S+. The lowest BCUT2D eigenvalue weighted by Crippen LogP contribution is -2.87. The quantitative estimate of drug-likeness (QED) is 0.0198. The maximum atomic E-state index is 12.5. The number of hydrogen-bond donors (Lipinski definition) is 12. The third-order valence-corrected chi connectivity index (χ3v) is 13.5. The first kappa shape index (κ1) is 71.6. The number of hydrazine groups is 1. The second-order valence-electron chi connectivity index (χ2n) is 18.9. The number of nitrogens with one attached hydrogen (secondary N) is 9. The Morgan fingerprint density at radius 2 is 1.03 bits per heavy atom. The molecular weight excluding hydrogens is 1060 g/mol. The van der Waals surface area contributed by atoms with Gasteiger partial charge in [-0.2, -0.15) is 0 Å². The summed E-state index contributed by atoms with van der Waals surface area (Å²) < 4.78 is 47.9. The SMILES string of the molecule is CNC(C=O)CCCCNC(=O)COCCOCCNC(=O)CC[C@H](NC(=O)CC[C@H](NC(=O)COCCOCCNC(=O)CCCS(=O)(=O)NC(=O)CCCCCCCCCCCCCCCC1=N[NH2+]NN1)C(=O)O)C(=O)O. The van der Waals surface area contributed by atoms with Crippen LogP contribution in [0.25, 0.3) is 0 Å². The molecule has 0 aromatic carbocycles. The number of aliphatic carboxylic acids is 2. The number of rotatable bonds is 54. The zero-order chi connectivity index (χ0) is 58.2. The van der Waals surface area contributed by atoms with Crippen LogP contribution >= 0.6 is 0 Å². The normalized spacial score (nSPS) is 13.3. The zero-order valence-corrected chi connectivity index (χ0v) is 47.0. The molecule has 1 unspecified atom stereocenters. The number of nitrogens with two attached hydrogens (primary N) is 1. The molecule has 0 saturated heterocycles. The van der Waals surface area contributed by atoms with E-state index in [1.165, 1.54) is 44.9 Å². The highest BCUT2D eigenvalue weighted by Gasteiger charge is 2.25. The molecule has 1 heterocycles. The van der Waals surface area contributed by atoms with Gasteiger partial charge in [0.15, 0.2) is 5.84 Å². The molecule has 79 heavy (non-hydrogen) atoms. The van der Waals surface area contributed by atoms with Crippen LogP contribution in [0.15, 0.2) is 5.10 Å². The number of ether oxygens (including phenoxy) is 4. The monoisotopic (exact) mass is 1150 g/mol. The number of amidine groups is 1. The summed E-state index contributed by atoms with van der Waals surface area (Å²) in [6.07, 6.45) is 17.2. The number of amides is 6. The van der Waals surface area contributed by atoms with E-state index in [-0.39, 0.29) is 116 Å². The maximum Gasteiger partial charge on any atom is 0.326 e. The lowest BCUT2D eigenvalue weighted by molar-refractivity contribution is -0.713. The van der Waals surface area contributed by atoms with Crippen molar-refractivity contribution < 1.29 is 86.3 Å². The first-order chi connectivity index (χ1) is 38.0. The van der Waals surface area contributed by atoms with Gasteiger partial charge < -0.3 is 65.9 Å². The van der Waals surface area contributed by atoms with Gasteiger partial charge in [-0.3, -0.25) is 38.9 Å². The van der Waals surface area contributed by atoms with Crippen molar-refractivity contribution in [3.8, 4) is 0 Å². The summed E-state index contributed by atoms with van der Waals surface area (Å²) in [5, 5.41) is 38.6. The molecule has 0 bridgehead atoms. The van der Waals surface area contributed by atoms with E-state index < -0.39 is 76.6 Å². The Hall–Kier alpha value is -5.43. The molecule has 0 fully saturated rings. The van der Waals surface area contributed by atoms with E-state index in [0.29, 0.717) is 19.4 Å². The van der Waals surface area contributed by atoms with Crippen LogP contribution in [0.1, 0.15) is 154 Å². The average Bonchev–Trinajstić information content (AvgIpc) is 3.93. The van der Waals surface area contributed by atoms with Crippen molar-refractivity contribution in [2.75, 3.05) is 85.3 Å². The summed E-state index contributed by atoms with van der Waals surface area (Å²) in [5.74, 6) is -5.59. The fraction of sp³-hybridized carbons (Fsp3) is 0.800. The average molecular weight is 1150 g/mol. The molecule has 0 aliphatic carbocycles. The van der Waals surface area contributed by atoms with Crippen molar-refractivity contribution in [1.29, 1.82) is 0 Å². The van der Waals surface area contributed by atoms with E-state index in [9.17, 15) is 61.8 Å². The molecule has 0 aromatic rings. The molecule has 3 atom stereocenters. The number of unbranched alkanes of at least 4 members (excludes halogenated alkanes) is 13. The Labute approximate surface area is 464 Å². The minimum absolute atomic E-state index is 0.0102. The highest BCUT2D eigenvalue weighted by molar-refractivity contribution is 7.90. The largest absolute Gasteiger partial charge is 0.480 e. The molecule has 29 heteroatoms. The predicted octanol–water partition coefficient (Wildman–Crippen LogP) is -0.965. The number of aldehydes is 1.